The van der Waals surface area contributed by atoms with E-state index in [1.807, 2.05) is 0 Å². The second kappa shape index (κ2) is 15.7. The van der Waals surface area contributed by atoms with Crippen molar-refractivity contribution in [2.75, 3.05) is 4.90 Å². The fourth-order valence-electron chi connectivity index (χ4n) is 10.3. The number of hydrogen-bond donors (Lipinski definition) is 0. The summed E-state index contributed by atoms with van der Waals surface area (Å²) >= 11 is 0. The first kappa shape index (κ1) is 38.9. The Morgan fingerprint density at radius 1 is 0.371 bits per heavy atom. The molecule has 0 saturated carbocycles. The third-order valence-corrected chi connectivity index (χ3v) is 13.7. The van der Waals surface area contributed by atoms with E-state index in [2.05, 4.69) is 258 Å². The summed E-state index contributed by atoms with van der Waals surface area (Å²) < 4.78 is 0. The third-order valence-electron chi connectivity index (χ3n) is 13.7. The van der Waals surface area contributed by atoms with E-state index in [1.54, 1.807) is 0 Å². The zero-order valence-electron chi connectivity index (χ0n) is 36.2. The van der Waals surface area contributed by atoms with Gasteiger partial charge in [-0.15, -0.1) is 0 Å². The van der Waals surface area contributed by atoms with Gasteiger partial charge >= 0.3 is 0 Å². The third kappa shape index (κ3) is 6.39. The zero-order chi connectivity index (χ0) is 42.4. The van der Waals surface area contributed by atoms with Crippen molar-refractivity contribution in [1.29, 1.82) is 0 Å². The first-order valence-corrected chi connectivity index (χ1v) is 21.8. The lowest BCUT2D eigenvalue weighted by Crippen LogP contribution is -2.28. The zero-order valence-corrected chi connectivity index (χ0v) is 36.2. The van der Waals surface area contributed by atoms with E-state index >= 15 is 0 Å². The molecule has 0 spiro atoms. The number of anilines is 3. The van der Waals surface area contributed by atoms with E-state index in [-0.39, 0.29) is 5.41 Å². The highest BCUT2D eigenvalue weighted by molar-refractivity contribution is 5.90. The lowest BCUT2D eigenvalue weighted by Gasteiger charge is -2.35. The van der Waals surface area contributed by atoms with E-state index in [4.69, 9.17) is 0 Å². The predicted octanol–water partition coefficient (Wildman–Crippen LogP) is 16.1. The molecule has 0 aliphatic heterocycles. The molecule has 0 N–H and O–H groups in total. The molecule has 1 aliphatic carbocycles. The van der Waals surface area contributed by atoms with E-state index in [1.165, 1.54) is 83.5 Å². The molecule has 0 unspecified atom stereocenters. The van der Waals surface area contributed by atoms with Crippen LogP contribution in [-0.2, 0) is 10.8 Å². The van der Waals surface area contributed by atoms with Gasteiger partial charge in [0.2, 0.25) is 0 Å². The van der Waals surface area contributed by atoms with Crippen LogP contribution in [0, 0.1) is 20.8 Å². The van der Waals surface area contributed by atoms with Crippen molar-refractivity contribution < 1.29 is 0 Å². The van der Waals surface area contributed by atoms with Gasteiger partial charge in [0.25, 0.3) is 0 Å². The maximum absolute atomic E-state index is 2.46. The van der Waals surface area contributed by atoms with Crippen molar-refractivity contribution in [1.82, 2.24) is 0 Å². The van der Waals surface area contributed by atoms with Gasteiger partial charge in [0.05, 0.1) is 5.41 Å². The molecule has 0 atom stereocenters. The highest BCUT2D eigenvalue weighted by Crippen LogP contribution is 2.57. The summed E-state index contributed by atoms with van der Waals surface area (Å²) in [6.45, 7) is 11.5. The summed E-state index contributed by atoms with van der Waals surface area (Å²) in [5.41, 5.74) is 21.9. The molecular weight excluding hydrogens is 747 g/mol. The van der Waals surface area contributed by atoms with Gasteiger partial charge in [-0.05, 0) is 141 Å². The van der Waals surface area contributed by atoms with Crippen molar-refractivity contribution in [2.24, 2.45) is 0 Å². The maximum atomic E-state index is 2.46. The summed E-state index contributed by atoms with van der Waals surface area (Å²) in [6.07, 6.45) is 0. The largest absolute Gasteiger partial charge is 0.310 e. The molecule has 0 heterocycles. The van der Waals surface area contributed by atoms with E-state index < -0.39 is 5.41 Å². The van der Waals surface area contributed by atoms with Crippen LogP contribution >= 0.6 is 0 Å². The molecule has 1 nitrogen and oxygen atoms in total. The minimum atomic E-state index is -0.494. The fraction of sp³-hybridized carbons (Fsp3) is 0.115. The Morgan fingerprint density at radius 3 is 1.48 bits per heavy atom. The molecule has 9 aromatic carbocycles. The summed E-state index contributed by atoms with van der Waals surface area (Å²) in [4.78, 5) is 2.43. The van der Waals surface area contributed by atoms with Crippen LogP contribution in [0.15, 0.2) is 218 Å². The second-order valence-electron chi connectivity index (χ2n) is 17.4. The molecule has 9 aromatic rings. The molecule has 0 bridgehead atoms. The van der Waals surface area contributed by atoms with Crippen LogP contribution < -0.4 is 4.90 Å². The van der Waals surface area contributed by atoms with Crippen LogP contribution in [0.3, 0.4) is 0 Å². The van der Waals surface area contributed by atoms with Gasteiger partial charge < -0.3 is 4.90 Å². The Bertz CT molecular complexity index is 2990. The van der Waals surface area contributed by atoms with Crippen molar-refractivity contribution in [3.05, 3.63) is 268 Å². The van der Waals surface area contributed by atoms with E-state index in [0.29, 0.717) is 0 Å². The lowest BCUT2D eigenvalue weighted by atomic mass is 9.67. The lowest BCUT2D eigenvalue weighted by molar-refractivity contribution is 0.635. The summed E-state index contributed by atoms with van der Waals surface area (Å²) in [5.74, 6) is 0. The molecule has 0 saturated heterocycles. The van der Waals surface area contributed by atoms with Crippen molar-refractivity contribution in [3.63, 3.8) is 0 Å². The summed E-state index contributed by atoms with van der Waals surface area (Å²) in [7, 11) is 0. The summed E-state index contributed by atoms with van der Waals surface area (Å²) in [6, 6.07) is 80.6. The van der Waals surface area contributed by atoms with Gasteiger partial charge in [0, 0.05) is 22.5 Å². The Kier molecular flexibility index (Phi) is 9.84. The topological polar surface area (TPSA) is 3.24 Å². The molecule has 0 fully saturated rings. The van der Waals surface area contributed by atoms with Gasteiger partial charge in [0.15, 0.2) is 0 Å². The van der Waals surface area contributed by atoms with Crippen molar-refractivity contribution in [2.45, 2.75) is 45.4 Å². The molecule has 0 amide bonds. The van der Waals surface area contributed by atoms with Crippen molar-refractivity contribution >= 4 is 17.1 Å². The number of rotatable bonds is 9. The van der Waals surface area contributed by atoms with Crippen molar-refractivity contribution in [3.8, 4) is 33.4 Å². The Labute approximate surface area is 367 Å². The standard InChI is InChI=1S/C61H51N/c1-42-19-15-16-26-53(42)54-39-40-57(44(3)43(54)2)60(4,5)47-31-35-51(36-32-47)62(50-33-29-46(30-34-50)45-20-9-6-10-21-45)52-37-38-56-55-27-17-18-28-58(55)61(59(56)41-52,48-22-11-7-12-23-48)49-24-13-8-14-25-49/h6-41H,1-5H3. The number of hydrogen-bond acceptors (Lipinski definition) is 1. The summed E-state index contributed by atoms with van der Waals surface area (Å²) in [5, 5.41) is 0. The highest BCUT2D eigenvalue weighted by atomic mass is 15.1. The van der Waals surface area contributed by atoms with Gasteiger partial charge in [-0.1, -0.05) is 196 Å². The van der Waals surface area contributed by atoms with E-state index in [9.17, 15) is 0 Å². The van der Waals surface area contributed by atoms with E-state index in [0.717, 1.165) is 17.1 Å². The minimum Gasteiger partial charge on any atom is -0.310 e. The van der Waals surface area contributed by atoms with Gasteiger partial charge in [0.1, 0.15) is 0 Å². The first-order chi connectivity index (χ1) is 30.3. The smallest absolute Gasteiger partial charge is 0.0714 e. The molecule has 1 heteroatoms. The SMILES string of the molecule is Cc1ccccc1-c1ccc(C(C)(C)c2ccc(N(c3ccc(-c4ccccc4)cc3)c3ccc4c(c3)C(c3ccccc3)(c3ccccc3)c3ccccc3-4)cc2)c(C)c1C. The number of fused-ring (bicyclic) bond motifs is 3. The second-order valence-corrected chi connectivity index (χ2v) is 17.4. The highest BCUT2D eigenvalue weighted by Gasteiger charge is 2.46. The molecule has 0 radical (unpaired) electrons. The quantitative estimate of drug-likeness (QED) is 0.141. The number of benzene rings is 9. The van der Waals surface area contributed by atoms with Gasteiger partial charge in [-0.3, -0.25) is 0 Å². The molecule has 1 aliphatic rings. The normalized spacial score (nSPS) is 12.7. The Morgan fingerprint density at radius 2 is 0.855 bits per heavy atom. The fourth-order valence-corrected chi connectivity index (χ4v) is 10.3. The van der Waals surface area contributed by atoms with Crippen LogP contribution in [0.5, 0.6) is 0 Å². The molecule has 0 aromatic heterocycles. The van der Waals surface area contributed by atoms with Crippen LogP contribution in [0.25, 0.3) is 33.4 Å². The number of aryl methyl sites for hydroxylation is 1. The van der Waals surface area contributed by atoms with Crippen LogP contribution in [-0.4, -0.2) is 0 Å². The molecule has 300 valence electrons. The van der Waals surface area contributed by atoms with Crippen LogP contribution in [0.2, 0.25) is 0 Å². The molecular formula is C61H51N. The monoisotopic (exact) mass is 797 g/mol. The maximum Gasteiger partial charge on any atom is 0.0714 e. The minimum absolute atomic E-state index is 0.218. The molecule has 62 heavy (non-hydrogen) atoms. The van der Waals surface area contributed by atoms with Crippen LogP contribution in [0.1, 0.15) is 63.9 Å². The predicted molar refractivity (Wildman–Crippen MR) is 262 cm³/mol. The Hall–Kier alpha value is -7.22. The van der Waals surface area contributed by atoms with Crippen LogP contribution in [0.4, 0.5) is 17.1 Å². The van der Waals surface area contributed by atoms with Gasteiger partial charge in [-0.25, -0.2) is 0 Å². The first-order valence-electron chi connectivity index (χ1n) is 21.8. The average Bonchev–Trinajstić information content (AvgIpc) is 3.62. The van der Waals surface area contributed by atoms with Gasteiger partial charge in [-0.2, -0.15) is 0 Å². The Balaban J connectivity index is 1.12. The average molecular weight is 798 g/mol. The molecule has 10 rings (SSSR count). The number of nitrogens with zero attached hydrogens (tertiary/aromatic N) is 1.